The summed E-state index contributed by atoms with van der Waals surface area (Å²) in [4.78, 5) is 4.37. The zero-order chi connectivity index (χ0) is 14.2. The summed E-state index contributed by atoms with van der Waals surface area (Å²) >= 11 is 0. The number of allylic oxidation sites excluding steroid dienone is 1. The zero-order valence-corrected chi connectivity index (χ0v) is 14.0. The fraction of sp³-hybridized carbons (Fsp3) is 0.769. The van der Waals surface area contributed by atoms with Crippen molar-refractivity contribution in [2.75, 3.05) is 20.4 Å². The van der Waals surface area contributed by atoms with E-state index in [-0.39, 0.29) is 0 Å². The molecule has 0 fully saturated rings. The van der Waals surface area contributed by atoms with Crippen LogP contribution in [-0.4, -0.2) is 39.7 Å². The molecule has 0 aliphatic heterocycles. The van der Waals surface area contributed by atoms with Gasteiger partial charge in [0.25, 0.3) is 0 Å². The molecule has 0 saturated carbocycles. The van der Waals surface area contributed by atoms with E-state index < -0.39 is 8.07 Å². The van der Waals surface area contributed by atoms with Gasteiger partial charge in [0.05, 0.1) is 0 Å². The van der Waals surface area contributed by atoms with Gasteiger partial charge in [-0.1, -0.05) is 19.6 Å². The maximum atomic E-state index is 5.73. The van der Waals surface area contributed by atoms with E-state index in [0.717, 1.165) is 18.0 Å². The SMILES string of the molecule is C/C=N\C(=C(C)C)N(COCC[Si](C)(C)C)NC. The Morgan fingerprint density at radius 2 is 1.94 bits per heavy atom. The van der Waals surface area contributed by atoms with Crippen LogP contribution in [0.5, 0.6) is 0 Å². The van der Waals surface area contributed by atoms with E-state index in [9.17, 15) is 0 Å². The van der Waals surface area contributed by atoms with Crippen LogP contribution in [0.1, 0.15) is 20.8 Å². The summed E-state index contributed by atoms with van der Waals surface area (Å²) in [6, 6.07) is 1.19. The number of nitrogens with one attached hydrogen (secondary N) is 1. The quantitative estimate of drug-likeness (QED) is 0.242. The zero-order valence-electron chi connectivity index (χ0n) is 13.0. The summed E-state index contributed by atoms with van der Waals surface area (Å²) < 4.78 is 5.73. The summed E-state index contributed by atoms with van der Waals surface area (Å²) in [5.74, 6) is 0.924. The van der Waals surface area contributed by atoms with Gasteiger partial charge in [-0.05, 0) is 32.4 Å². The molecule has 0 aromatic rings. The molecule has 106 valence electrons. The van der Waals surface area contributed by atoms with Crippen LogP contribution < -0.4 is 5.43 Å². The summed E-state index contributed by atoms with van der Waals surface area (Å²) in [7, 11) is 0.876. The highest BCUT2D eigenvalue weighted by atomic mass is 28.3. The molecule has 0 aliphatic carbocycles. The van der Waals surface area contributed by atoms with Crippen LogP contribution in [0.25, 0.3) is 0 Å². The molecule has 0 aromatic carbocycles. The van der Waals surface area contributed by atoms with Crippen molar-refractivity contribution in [2.24, 2.45) is 4.99 Å². The lowest BCUT2D eigenvalue weighted by atomic mass is 10.3. The topological polar surface area (TPSA) is 36.9 Å². The fourth-order valence-electron chi connectivity index (χ4n) is 1.36. The minimum atomic E-state index is -1.01. The molecule has 0 unspecified atom stereocenters. The molecule has 5 heteroatoms. The third-order valence-corrected chi connectivity index (χ3v) is 4.15. The lowest BCUT2D eigenvalue weighted by molar-refractivity contribution is 0.0311. The molecule has 0 heterocycles. The Hall–Kier alpha value is -0.653. The van der Waals surface area contributed by atoms with Gasteiger partial charge < -0.3 is 4.74 Å². The van der Waals surface area contributed by atoms with Crippen molar-refractivity contribution in [3.63, 3.8) is 0 Å². The van der Waals surface area contributed by atoms with Crippen LogP contribution in [0.4, 0.5) is 0 Å². The number of rotatable bonds is 8. The predicted molar refractivity (Wildman–Crippen MR) is 82.4 cm³/mol. The van der Waals surface area contributed by atoms with Gasteiger partial charge in [-0.15, -0.1) is 0 Å². The van der Waals surface area contributed by atoms with Gasteiger partial charge >= 0.3 is 0 Å². The number of hydrogen-bond acceptors (Lipinski definition) is 4. The Bertz CT molecular complexity index is 291. The minimum absolute atomic E-state index is 0.527. The molecule has 0 atom stereocenters. The lowest BCUT2D eigenvalue weighted by Gasteiger charge is -2.25. The predicted octanol–water partition coefficient (Wildman–Crippen LogP) is 3.08. The van der Waals surface area contributed by atoms with Gasteiger partial charge in [0.1, 0.15) is 12.6 Å². The molecule has 0 saturated heterocycles. The van der Waals surface area contributed by atoms with Crippen LogP contribution in [-0.2, 0) is 4.74 Å². The van der Waals surface area contributed by atoms with E-state index in [1.807, 2.05) is 19.0 Å². The first-order chi connectivity index (χ1) is 8.31. The first kappa shape index (κ1) is 17.3. The number of hydrazine groups is 1. The highest BCUT2D eigenvalue weighted by Crippen LogP contribution is 2.11. The second-order valence-electron chi connectivity index (χ2n) is 5.71. The average molecular weight is 271 g/mol. The van der Waals surface area contributed by atoms with Crippen molar-refractivity contribution in [3.8, 4) is 0 Å². The Morgan fingerprint density at radius 1 is 1.33 bits per heavy atom. The highest BCUT2D eigenvalue weighted by Gasteiger charge is 2.13. The van der Waals surface area contributed by atoms with Gasteiger partial charge in [-0.3, -0.25) is 5.01 Å². The maximum absolute atomic E-state index is 5.73. The summed E-state index contributed by atoms with van der Waals surface area (Å²) in [5, 5.41) is 1.93. The first-order valence-corrected chi connectivity index (χ1v) is 10.2. The first-order valence-electron chi connectivity index (χ1n) is 6.50. The molecular weight excluding hydrogens is 242 g/mol. The normalized spacial score (nSPS) is 11.9. The minimum Gasteiger partial charge on any atom is -0.360 e. The smallest absolute Gasteiger partial charge is 0.142 e. The largest absolute Gasteiger partial charge is 0.360 e. The number of aliphatic imine (C=N–C) groups is 1. The number of hydrogen-bond donors (Lipinski definition) is 1. The Balaban J connectivity index is 4.31. The molecule has 0 radical (unpaired) electrons. The maximum Gasteiger partial charge on any atom is 0.142 e. The Morgan fingerprint density at radius 3 is 2.33 bits per heavy atom. The summed E-state index contributed by atoms with van der Waals surface area (Å²) in [6.07, 6.45) is 1.80. The average Bonchev–Trinajstić information content (AvgIpc) is 2.25. The van der Waals surface area contributed by atoms with E-state index in [4.69, 9.17) is 4.74 Å². The second-order valence-corrected chi connectivity index (χ2v) is 11.3. The van der Waals surface area contributed by atoms with Gasteiger partial charge in [0.2, 0.25) is 0 Å². The third-order valence-electron chi connectivity index (χ3n) is 2.44. The summed E-state index contributed by atoms with van der Waals surface area (Å²) in [5.41, 5.74) is 4.28. The van der Waals surface area contributed by atoms with E-state index in [1.54, 1.807) is 6.21 Å². The molecule has 18 heavy (non-hydrogen) atoms. The van der Waals surface area contributed by atoms with Crippen molar-refractivity contribution in [1.29, 1.82) is 0 Å². The summed E-state index contributed by atoms with van der Waals surface area (Å²) in [6.45, 7) is 14.4. The molecule has 0 aromatic heterocycles. The Kier molecular flexibility index (Phi) is 8.14. The van der Waals surface area contributed by atoms with E-state index in [1.165, 1.54) is 6.04 Å². The van der Waals surface area contributed by atoms with Crippen LogP contribution in [0, 0.1) is 0 Å². The van der Waals surface area contributed by atoms with Crippen LogP contribution in [0.2, 0.25) is 25.7 Å². The van der Waals surface area contributed by atoms with Gasteiger partial charge in [0.15, 0.2) is 0 Å². The molecule has 4 nitrogen and oxygen atoms in total. The van der Waals surface area contributed by atoms with Crippen LogP contribution in [0.3, 0.4) is 0 Å². The molecule has 1 N–H and O–H groups in total. The lowest BCUT2D eigenvalue weighted by Crippen LogP contribution is -2.37. The Labute approximate surface area is 113 Å². The molecule has 0 bridgehead atoms. The van der Waals surface area contributed by atoms with E-state index in [0.29, 0.717) is 6.73 Å². The molecule has 0 aliphatic rings. The van der Waals surface area contributed by atoms with Gasteiger partial charge in [-0.25, -0.2) is 10.4 Å². The van der Waals surface area contributed by atoms with E-state index in [2.05, 4.69) is 43.9 Å². The van der Waals surface area contributed by atoms with Gasteiger partial charge in [-0.2, -0.15) is 0 Å². The van der Waals surface area contributed by atoms with Crippen molar-refractivity contribution in [1.82, 2.24) is 10.4 Å². The molecule has 0 rings (SSSR count). The number of nitrogens with zero attached hydrogens (tertiary/aromatic N) is 2. The highest BCUT2D eigenvalue weighted by molar-refractivity contribution is 6.76. The number of ether oxygens (including phenoxy) is 1. The standard InChI is InChI=1S/C13H29N3OSi/c1-8-15-13(12(2)3)16(14-4)11-17-9-10-18(5,6)7/h8,14H,9-11H2,1-7H3/b15-8-. The van der Waals surface area contributed by atoms with Gasteiger partial charge in [0, 0.05) is 27.9 Å². The van der Waals surface area contributed by atoms with E-state index >= 15 is 0 Å². The van der Waals surface area contributed by atoms with Crippen molar-refractivity contribution in [2.45, 2.75) is 46.5 Å². The second kappa shape index (κ2) is 8.45. The van der Waals surface area contributed by atoms with Crippen molar-refractivity contribution >= 4 is 14.3 Å². The molecule has 0 spiro atoms. The van der Waals surface area contributed by atoms with Crippen molar-refractivity contribution < 1.29 is 4.74 Å². The third kappa shape index (κ3) is 7.63. The molecular formula is C13H29N3OSi. The molecule has 0 amide bonds. The fourth-order valence-corrected chi connectivity index (χ4v) is 2.11. The van der Waals surface area contributed by atoms with Crippen LogP contribution in [0.15, 0.2) is 16.4 Å². The van der Waals surface area contributed by atoms with Crippen molar-refractivity contribution in [3.05, 3.63) is 11.4 Å². The monoisotopic (exact) mass is 271 g/mol. The van der Waals surface area contributed by atoms with Crippen LogP contribution >= 0.6 is 0 Å².